The quantitative estimate of drug-likeness (QED) is 0.632. The number of para-hydroxylation sites is 1. The van der Waals surface area contributed by atoms with Crippen LogP contribution in [0, 0.1) is 0 Å². The molecule has 0 aliphatic rings. The predicted molar refractivity (Wildman–Crippen MR) is 74.6 cm³/mol. The van der Waals surface area contributed by atoms with E-state index in [0.29, 0.717) is 11.3 Å². The lowest BCUT2D eigenvalue weighted by Crippen LogP contribution is -2.03. The number of nitrogens with two attached hydrogens (primary N) is 1. The summed E-state index contributed by atoms with van der Waals surface area (Å²) in [4.78, 5) is 21.6. The van der Waals surface area contributed by atoms with E-state index < -0.39 is 5.97 Å². The van der Waals surface area contributed by atoms with Gasteiger partial charge in [0.15, 0.2) is 5.12 Å². The van der Waals surface area contributed by atoms with Gasteiger partial charge in [0, 0.05) is 12.7 Å². The van der Waals surface area contributed by atoms with Crippen LogP contribution >= 0.6 is 11.8 Å². The van der Waals surface area contributed by atoms with E-state index in [9.17, 15) is 9.59 Å². The van der Waals surface area contributed by atoms with Crippen LogP contribution in [0.5, 0.6) is 0 Å². The summed E-state index contributed by atoms with van der Waals surface area (Å²) in [5.74, 6) is -0.320. The van der Waals surface area contributed by atoms with Crippen LogP contribution in [-0.4, -0.2) is 21.9 Å². The summed E-state index contributed by atoms with van der Waals surface area (Å²) in [7, 11) is 0. The summed E-state index contributed by atoms with van der Waals surface area (Å²) < 4.78 is 0. The van der Waals surface area contributed by atoms with Crippen LogP contribution in [0.3, 0.4) is 0 Å². The lowest BCUT2D eigenvalue weighted by atomic mass is 10.1. The fraction of sp³-hybridized carbons (Fsp3) is 0.231. The molecule has 0 fully saturated rings. The van der Waals surface area contributed by atoms with Gasteiger partial charge in [-0.2, -0.15) is 0 Å². The first kappa shape index (κ1) is 14.3. The lowest BCUT2D eigenvalue weighted by molar-refractivity contribution is -0.109. The molecule has 0 aliphatic heterocycles. The molecule has 5 heteroatoms. The molecule has 96 valence electrons. The number of thioether (sulfide) groups is 1. The molecule has 0 bridgehead atoms. The summed E-state index contributed by atoms with van der Waals surface area (Å²) in [5, 5.41) is 9.01. The first-order valence-electron chi connectivity index (χ1n) is 5.44. The van der Waals surface area contributed by atoms with Gasteiger partial charge in [0.1, 0.15) is 0 Å². The highest BCUT2D eigenvalue weighted by molar-refractivity contribution is 8.13. The van der Waals surface area contributed by atoms with Crippen molar-refractivity contribution in [3.05, 3.63) is 35.4 Å². The Morgan fingerprint density at radius 3 is 2.78 bits per heavy atom. The van der Waals surface area contributed by atoms with Crippen molar-refractivity contribution in [3.8, 4) is 0 Å². The van der Waals surface area contributed by atoms with Gasteiger partial charge in [-0.25, -0.2) is 4.79 Å². The number of carbonyl (C=O) groups excluding carboxylic acids is 1. The van der Waals surface area contributed by atoms with E-state index in [1.165, 1.54) is 24.8 Å². The highest BCUT2D eigenvalue weighted by atomic mass is 32.2. The molecule has 0 aliphatic carbocycles. The SMILES string of the molecule is CC(=O)SCCC=Cc1cccc(C(=O)O)c1N. The molecule has 3 N–H and O–H groups in total. The van der Waals surface area contributed by atoms with Crippen molar-refractivity contribution in [1.82, 2.24) is 0 Å². The van der Waals surface area contributed by atoms with Gasteiger partial charge in [0.05, 0.1) is 11.3 Å². The number of nitrogen functional groups attached to an aromatic ring is 1. The molecule has 0 atom stereocenters. The Balaban J connectivity index is 2.67. The van der Waals surface area contributed by atoms with Crippen LogP contribution in [-0.2, 0) is 4.79 Å². The van der Waals surface area contributed by atoms with Gasteiger partial charge < -0.3 is 10.8 Å². The number of anilines is 1. The van der Waals surface area contributed by atoms with Crippen molar-refractivity contribution >= 4 is 34.6 Å². The molecule has 18 heavy (non-hydrogen) atoms. The van der Waals surface area contributed by atoms with E-state index in [2.05, 4.69) is 0 Å². The third kappa shape index (κ3) is 4.25. The number of aromatic carboxylic acids is 1. The number of carboxylic acids is 1. The molecule has 0 radical (unpaired) electrons. The van der Waals surface area contributed by atoms with Gasteiger partial charge in [-0.05, 0) is 18.1 Å². The monoisotopic (exact) mass is 265 g/mol. The average molecular weight is 265 g/mol. The van der Waals surface area contributed by atoms with E-state index in [1.54, 1.807) is 18.2 Å². The summed E-state index contributed by atoms with van der Waals surface area (Å²) in [6.07, 6.45) is 4.40. The number of rotatable bonds is 5. The second-order valence-corrected chi connectivity index (χ2v) is 4.92. The normalized spacial score (nSPS) is 10.7. The van der Waals surface area contributed by atoms with Crippen LogP contribution in [0.1, 0.15) is 29.3 Å². The minimum absolute atomic E-state index is 0.0933. The molecule has 0 heterocycles. The molecule has 1 aromatic rings. The van der Waals surface area contributed by atoms with Crippen LogP contribution in [0.2, 0.25) is 0 Å². The fourth-order valence-electron chi connectivity index (χ4n) is 1.40. The Hall–Kier alpha value is -1.75. The maximum Gasteiger partial charge on any atom is 0.337 e. The van der Waals surface area contributed by atoms with E-state index in [-0.39, 0.29) is 16.4 Å². The number of benzene rings is 1. The zero-order valence-electron chi connectivity index (χ0n) is 10.1. The topological polar surface area (TPSA) is 80.4 Å². The zero-order valence-corrected chi connectivity index (χ0v) is 10.9. The second-order valence-electron chi connectivity index (χ2n) is 3.64. The zero-order chi connectivity index (χ0) is 13.5. The molecule has 0 unspecified atom stereocenters. The predicted octanol–water partition coefficient (Wildman–Crippen LogP) is 2.65. The minimum Gasteiger partial charge on any atom is -0.478 e. The highest BCUT2D eigenvalue weighted by Gasteiger charge is 2.08. The van der Waals surface area contributed by atoms with Gasteiger partial charge in [-0.15, -0.1) is 0 Å². The van der Waals surface area contributed by atoms with Crippen molar-refractivity contribution in [2.24, 2.45) is 0 Å². The summed E-state index contributed by atoms with van der Waals surface area (Å²) in [6.45, 7) is 1.53. The van der Waals surface area contributed by atoms with Crippen molar-refractivity contribution in [2.45, 2.75) is 13.3 Å². The smallest absolute Gasteiger partial charge is 0.337 e. The van der Waals surface area contributed by atoms with Crippen LogP contribution in [0.25, 0.3) is 6.08 Å². The van der Waals surface area contributed by atoms with Gasteiger partial charge >= 0.3 is 5.97 Å². The van der Waals surface area contributed by atoms with Crippen molar-refractivity contribution in [3.63, 3.8) is 0 Å². The van der Waals surface area contributed by atoms with E-state index in [1.807, 2.05) is 6.08 Å². The largest absolute Gasteiger partial charge is 0.478 e. The molecular weight excluding hydrogens is 250 g/mol. The van der Waals surface area contributed by atoms with E-state index in [4.69, 9.17) is 10.8 Å². The Kier molecular flexibility index (Phi) is 5.45. The summed E-state index contributed by atoms with van der Waals surface area (Å²) in [5.41, 5.74) is 6.81. The number of carbonyl (C=O) groups is 2. The summed E-state index contributed by atoms with van der Waals surface area (Å²) >= 11 is 1.26. The molecule has 0 saturated heterocycles. The standard InChI is InChI=1S/C13H15NO3S/c1-9(15)18-8-3-2-5-10-6-4-7-11(12(10)14)13(16)17/h2,4-7H,3,8,14H2,1H3,(H,16,17). The van der Waals surface area contributed by atoms with Gasteiger partial charge in [-0.1, -0.05) is 36.0 Å². The third-order valence-corrected chi connectivity index (χ3v) is 3.10. The minimum atomic E-state index is -1.03. The number of hydrogen-bond acceptors (Lipinski definition) is 4. The molecule has 0 saturated carbocycles. The first-order chi connectivity index (χ1) is 8.52. The van der Waals surface area contributed by atoms with Gasteiger partial charge in [-0.3, -0.25) is 4.79 Å². The molecular formula is C13H15NO3S. The van der Waals surface area contributed by atoms with Gasteiger partial charge in [0.2, 0.25) is 0 Å². The third-order valence-electron chi connectivity index (χ3n) is 2.26. The lowest BCUT2D eigenvalue weighted by Gasteiger charge is -2.04. The Bertz CT molecular complexity index is 483. The van der Waals surface area contributed by atoms with Crippen molar-refractivity contribution in [2.75, 3.05) is 11.5 Å². The van der Waals surface area contributed by atoms with Gasteiger partial charge in [0.25, 0.3) is 0 Å². The molecule has 1 aromatic carbocycles. The Morgan fingerprint density at radius 1 is 1.44 bits per heavy atom. The first-order valence-corrected chi connectivity index (χ1v) is 6.42. The van der Waals surface area contributed by atoms with Crippen LogP contribution in [0.4, 0.5) is 5.69 Å². The maximum atomic E-state index is 10.9. The second kappa shape index (κ2) is 6.86. The van der Waals surface area contributed by atoms with Crippen molar-refractivity contribution in [1.29, 1.82) is 0 Å². The van der Waals surface area contributed by atoms with E-state index in [0.717, 1.165) is 6.42 Å². The molecule has 1 rings (SSSR count). The fourth-order valence-corrected chi connectivity index (χ4v) is 1.94. The number of allylic oxidation sites excluding steroid dienone is 1. The van der Waals surface area contributed by atoms with Crippen molar-refractivity contribution < 1.29 is 14.7 Å². The molecule has 0 spiro atoms. The molecule has 0 aromatic heterocycles. The molecule has 4 nitrogen and oxygen atoms in total. The Morgan fingerprint density at radius 2 is 2.17 bits per heavy atom. The van der Waals surface area contributed by atoms with Crippen LogP contribution < -0.4 is 5.73 Å². The average Bonchev–Trinajstić information content (AvgIpc) is 2.30. The Labute approximate surface area is 110 Å². The maximum absolute atomic E-state index is 10.9. The highest BCUT2D eigenvalue weighted by Crippen LogP contribution is 2.19. The molecule has 0 amide bonds. The number of hydrogen-bond donors (Lipinski definition) is 2. The van der Waals surface area contributed by atoms with E-state index >= 15 is 0 Å². The summed E-state index contributed by atoms with van der Waals surface area (Å²) in [6, 6.07) is 4.89. The van der Waals surface area contributed by atoms with Crippen LogP contribution in [0.15, 0.2) is 24.3 Å². The number of carboxylic acid groups (broad SMARTS) is 1.